The molecule has 1 aliphatic heterocycles. The molecule has 1 N–H and O–H groups in total. The number of hydrogen-bond donors (Lipinski definition) is 1. The summed E-state index contributed by atoms with van der Waals surface area (Å²) < 4.78 is 35.4. The van der Waals surface area contributed by atoms with Crippen molar-refractivity contribution >= 4 is 38.3 Å². The molecular weight excluding hydrogens is 358 g/mol. The SMILES string of the molecule is O=C(Nc1ccc2cnoc2c1)c1ccc(N2CCOCS2(=O)=O)cc1. The van der Waals surface area contributed by atoms with Gasteiger partial charge in [-0.15, -0.1) is 0 Å². The molecule has 0 spiro atoms. The summed E-state index contributed by atoms with van der Waals surface area (Å²) in [5.74, 6) is -0.639. The highest BCUT2D eigenvalue weighted by Crippen LogP contribution is 2.23. The molecular formula is C17H15N3O5S. The number of ether oxygens (including phenoxy) is 1. The summed E-state index contributed by atoms with van der Waals surface area (Å²) in [5.41, 5.74) is 2.08. The minimum absolute atomic E-state index is 0.255. The molecule has 0 saturated carbocycles. The van der Waals surface area contributed by atoms with E-state index in [1.54, 1.807) is 48.7 Å². The van der Waals surface area contributed by atoms with Gasteiger partial charge in [-0.2, -0.15) is 0 Å². The Morgan fingerprint density at radius 2 is 1.96 bits per heavy atom. The first-order chi connectivity index (χ1) is 12.5. The van der Waals surface area contributed by atoms with Gasteiger partial charge in [-0.05, 0) is 36.4 Å². The molecule has 0 bridgehead atoms. The Labute approximate surface area is 149 Å². The number of aromatic nitrogens is 1. The lowest BCUT2D eigenvalue weighted by Gasteiger charge is -2.28. The van der Waals surface area contributed by atoms with E-state index in [0.717, 1.165) is 5.39 Å². The van der Waals surface area contributed by atoms with Gasteiger partial charge in [0.05, 0.1) is 25.0 Å². The van der Waals surface area contributed by atoms with Crippen LogP contribution in [0.5, 0.6) is 0 Å². The summed E-state index contributed by atoms with van der Waals surface area (Å²) in [4.78, 5) is 12.4. The smallest absolute Gasteiger partial charge is 0.259 e. The Balaban J connectivity index is 1.51. The van der Waals surface area contributed by atoms with Crippen molar-refractivity contribution in [3.05, 3.63) is 54.2 Å². The Kier molecular flexibility index (Phi) is 4.09. The number of hydrogen-bond acceptors (Lipinski definition) is 6. The molecule has 1 amide bonds. The highest BCUT2D eigenvalue weighted by Gasteiger charge is 2.26. The van der Waals surface area contributed by atoms with Crippen molar-refractivity contribution in [1.29, 1.82) is 0 Å². The summed E-state index contributed by atoms with van der Waals surface area (Å²) in [5, 5.41) is 7.32. The van der Waals surface area contributed by atoms with Crippen molar-refractivity contribution < 1.29 is 22.5 Å². The molecule has 1 aromatic heterocycles. The van der Waals surface area contributed by atoms with Crippen LogP contribution >= 0.6 is 0 Å². The molecule has 1 aliphatic rings. The number of nitrogens with one attached hydrogen (secondary N) is 1. The quantitative estimate of drug-likeness (QED) is 0.755. The largest absolute Gasteiger partial charge is 0.362 e. The standard InChI is InChI=1S/C17H15N3O5S/c21-17(19-14-4-1-13-10-18-25-16(13)9-14)12-2-5-15(6-3-12)20-7-8-24-11-26(20,22)23/h1-6,9-10H,7-8,11H2,(H,19,21). The van der Waals surface area contributed by atoms with E-state index in [0.29, 0.717) is 29.1 Å². The van der Waals surface area contributed by atoms with Gasteiger partial charge in [-0.25, -0.2) is 8.42 Å². The molecule has 0 aliphatic carbocycles. The van der Waals surface area contributed by atoms with E-state index in [2.05, 4.69) is 10.5 Å². The zero-order valence-electron chi connectivity index (χ0n) is 13.6. The van der Waals surface area contributed by atoms with Gasteiger partial charge in [-0.3, -0.25) is 9.10 Å². The number of amides is 1. The van der Waals surface area contributed by atoms with Crippen molar-refractivity contribution in [2.24, 2.45) is 0 Å². The van der Waals surface area contributed by atoms with Gasteiger partial charge in [0.1, 0.15) is 0 Å². The molecule has 2 aromatic carbocycles. The number of sulfonamides is 1. The molecule has 1 saturated heterocycles. The maximum atomic E-state index is 12.4. The van der Waals surface area contributed by atoms with Gasteiger partial charge >= 0.3 is 0 Å². The highest BCUT2D eigenvalue weighted by molar-refractivity contribution is 7.92. The number of fused-ring (bicyclic) bond motifs is 1. The summed E-state index contributed by atoms with van der Waals surface area (Å²) in [7, 11) is -3.48. The van der Waals surface area contributed by atoms with Gasteiger partial charge < -0.3 is 14.6 Å². The van der Waals surface area contributed by atoms with E-state index in [1.165, 1.54) is 4.31 Å². The predicted octanol–water partition coefficient (Wildman–Crippen LogP) is 2.20. The lowest BCUT2D eigenvalue weighted by Crippen LogP contribution is -2.41. The van der Waals surface area contributed by atoms with Crippen molar-refractivity contribution in [3.63, 3.8) is 0 Å². The van der Waals surface area contributed by atoms with Crippen LogP contribution in [0.4, 0.5) is 11.4 Å². The van der Waals surface area contributed by atoms with E-state index in [9.17, 15) is 13.2 Å². The number of rotatable bonds is 3. The summed E-state index contributed by atoms with van der Waals surface area (Å²) in [6, 6.07) is 11.6. The molecule has 8 nitrogen and oxygen atoms in total. The van der Waals surface area contributed by atoms with Gasteiger partial charge in [0.15, 0.2) is 11.5 Å². The summed E-state index contributed by atoms with van der Waals surface area (Å²) in [6.07, 6.45) is 1.60. The second kappa shape index (κ2) is 6.43. The van der Waals surface area contributed by atoms with Crippen LogP contribution in [-0.4, -0.2) is 38.6 Å². The zero-order valence-corrected chi connectivity index (χ0v) is 14.4. The van der Waals surface area contributed by atoms with E-state index in [4.69, 9.17) is 9.26 Å². The maximum Gasteiger partial charge on any atom is 0.259 e. The van der Waals surface area contributed by atoms with Crippen LogP contribution < -0.4 is 9.62 Å². The number of anilines is 2. The number of benzene rings is 2. The van der Waals surface area contributed by atoms with Crippen molar-refractivity contribution in [2.45, 2.75) is 0 Å². The van der Waals surface area contributed by atoms with Crippen LogP contribution in [0.15, 0.2) is 53.2 Å². The molecule has 0 radical (unpaired) electrons. The normalized spacial score (nSPS) is 16.5. The summed E-state index contributed by atoms with van der Waals surface area (Å²) in [6.45, 7) is 0.594. The zero-order chi connectivity index (χ0) is 18.1. The van der Waals surface area contributed by atoms with Crippen molar-refractivity contribution in [1.82, 2.24) is 5.16 Å². The van der Waals surface area contributed by atoms with E-state index < -0.39 is 10.0 Å². The third-order valence-electron chi connectivity index (χ3n) is 4.04. The average molecular weight is 373 g/mol. The minimum atomic E-state index is -3.48. The Hall–Kier alpha value is -2.91. The molecule has 1 fully saturated rings. The maximum absolute atomic E-state index is 12.4. The van der Waals surface area contributed by atoms with Crippen LogP contribution in [0, 0.1) is 0 Å². The molecule has 134 valence electrons. The third kappa shape index (κ3) is 3.14. The van der Waals surface area contributed by atoms with Crippen molar-refractivity contribution in [2.75, 3.05) is 28.7 Å². The number of carbonyl (C=O) groups excluding carboxylic acids is 1. The van der Waals surface area contributed by atoms with Gasteiger partial charge in [0.25, 0.3) is 15.9 Å². The van der Waals surface area contributed by atoms with Crippen LogP contribution in [-0.2, 0) is 14.8 Å². The fraction of sp³-hybridized carbons (Fsp3) is 0.176. The average Bonchev–Trinajstić information content (AvgIpc) is 3.09. The third-order valence-corrected chi connectivity index (χ3v) is 5.57. The lowest BCUT2D eigenvalue weighted by atomic mass is 10.2. The molecule has 3 aromatic rings. The minimum Gasteiger partial charge on any atom is -0.362 e. The first-order valence-corrected chi connectivity index (χ1v) is 9.48. The molecule has 26 heavy (non-hydrogen) atoms. The monoisotopic (exact) mass is 373 g/mol. The fourth-order valence-electron chi connectivity index (χ4n) is 2.72. The van der Waals surface area contributed by atoms with Crippen LogP contribution in [0.2, 0.25) is 0 Å². The van der Waals surface area contributed by atoms with E-state index in [-0.39, 0.29) is 18.4 Å². The van der Waals surface area contributed by atoms with Gasteiger partial charge in [0.2, 0.25) is 0 Å². The first-order valence-electron chi connectivity index (χ1n) is 7.87. The predicted molar refractivity (Wildman–Crippen MR) is 95.5 cm³/mol. The number of nitrogens with zero attached hydrogens (tertiary/aromatic N) is 2. The van der Waals surface area contributed by atoms with Crippen LogP contribution in [0.3, 0.4) is 0 Å². The lowest BCUT2D eigenvalue weighted by molar-refractivity contribution is 0.102. The van der Waals surface area contributed by atoms with Crippen LogP contribution in [0.25, 0.3) is 11.0 Å². The number of carbonyl (C=O) groups is 1. The Bertz CT molecular complexity index is 1060. The van der Waals surface area contributed by atoms with E-state index >= 15 is 0 Å². The molecule has 2 heterocycles. The molecule has 4 rings (SSSR count). The fourth-order valence-corrected chi connectivity index (χ4v) is 3.98. The van der Waals surface area contributed by atoms with Gasteiger partial charge in [0, 0.05) is 22.7 Å². The highest BCUT2D eigenvalue weighted by atomic mass is 32.2. The molecule has 0 atom stereocenters. The topological polar surface area (TPSA) is 102 Å². The van der Waals surface area contributed by atoms with Gasteiger partial charge in [-0.1, -0.05) is 5.16 Å². The van der Waals surface area contributed by atoms with Crippen molar-refractivity contribution in [3.8, 4) is 0 Å². The Morgan fingerprint density at radius 1 is 1.15 bits per heavy atom. The first kappa shape index (κ1) is 16.6. The second-order valence-corrected chi connectivity index (χ2v) is 7.63. The second-order valence-electron chi connectivity index (χ2n) is 5.79. The Morgan fingerprint density at radius 3 is 2.73 bits per heavy atom. The molecule has 0 unspecified atom stereocenters. The van der Waals surface area contributed by atoms with E-state index in [1.807, 2.05) is 0 Å². The van der Waals surface area contributed by atoms with Crippen LogP contribution in [0.1, 0.15) is 10.4 Å². The molecule has 9 heteroatoms. The summed E-state index contributed by atoms with van der Waals surface area (Å²) >= 11 is 0.